The summed E-state index contributed by atoms with van der Waals surface area (Å²) in [7, 11) is -3.86. The van der Waals surface area contributed by atoms with Gasteiger partial charge in [-0.25, -0.2) is 13.2 Å². The van der Waals surface area contributed by atoms with E-state index in [0.717, 1.165) is 16.7 Å². The van der Waals surface area contributed by atoms with Crippen LogP contribution in [0.5, 0.6) is 0 Å². The Labute approximate surface area is 180 Å². The lowest BCUT2D eigenvalue weighted by atomic mass is 10.0. The molecule has 1 aliphatic rings. The first-order valence-electron chi connectivity index (χ1n) is 9.53. The van der Waals surface area contributed by atoms with Crippen LogP contribution in [0.2, 0.25) is 5.02 Å². The van der Waals surface area contributed by atoms with Crippen molar-refractivity contribution in [2.45, 2.75) is 24.5 Å². The number of rotatable bonds is 5. The number of carbonyl (C=O) groups excluding carboxylic acids is 1. The van der Waals surface area contributed by atoms with Crippen LogP contribution in [0.1, 0.15) is 27.0 Å². The number of hydrogen-bond acceptors (Lipinski definition) is 4. The quantitative estimate of drug-likeness (QED) is 0.549. The molecule has 0 bridgehead atoms. The summed E-state index contributed by atoms with van der Waals surface area (Å²) < 4.78 is 33.2. The second kappa shape index (κ2) is 8.60. The van der Waals surface area contributed by atoms with Gasteiger partial charge in [-0.1, -0.05) is 66.2 Å². The van der Waals surface area contributed by atoms with Crippen LogP contribution in [0, 0.1) is 0 Å². The van der Waals surface area contributed by atoms with Crippen LogP contribution >= 0.6 is 11.6 Å². The molecule has 3 aromatic carbocycles. The number of ether oxygens (including phenoxy) is 1. The highest BCUT2D eigenvalue weighted by Gasteiger charge is 2.30. The van der Waals surface area contributed by atoms with Crippen LogP contribution in [0.25, 0.3) is 0 Å². The third-order valence-corrected chi connectivity index (χ3v) is 7.42. The Morgan fingerprint density at radius 3 is 2.43 bits per heavy atom. The molecule has 5 nitrogen and oxygen atoms in total. The topological polar surface area (TPSA) is 63.7 Å². The lowest BCUT2D eigenvalue weighted by Crippen LogP contribution is -2.36. The molecule has 154 valence electrons. The second-order valence-corrected chi connectivity index (χ2v) is 9.38. The molecule has 0 saturated carbocycles. The first-order valence-corrected chi connectivity index (χ1v) is 11.3. The van der Waals surface area contributed by atoms with Gasteiger partial charge in [0.15, 0.2) is 0 Å². The molecule has 0 N–H and O–H groups in total. The van der Waals surface area contributed by atoms with Crippen LogP contribution in [0.4, 0.5) is 0 Å². The van der Waals surface area contributed by atoms with E-state index in [1.54, 1.807) is 0 Å². The zero-order valence-corrected chi connectivity index (χ0v) is 17.7. The van der Waals surface area contributed by atoms with E-state index in [0.29, 0.717) is 13.0 Å². The predicted molar refractivity (Wildman–Crippen MR) is 115 cm³/mol. The summed E-state index contributed by atoms with van der Waals surface area (Å²) in [5.74, 6) is -0.601. The molecule has 0 fully saturated rings. The highest BCUT2D eigenvalue weighted by molar-refractivity contribution is 7.89. The number of esters is 1. The van der Waals surface area contributed by atoms with Crippen LogP contribution in [0.15, 0.2) is 77.7 Å². The summed E-state index contributed by atoms with van der Waals surface area (Å²) in [6.45, 7) is 0.739. The van der Waals surface area contributed by atoms with E-state index >= 15 is 0 Å². The zero-order valence-electron chi connectivity index (χ0n) is 16.1. The largest absolute Gasteiger partial charge is 0.457 e. The maximum Gasteiger partial charge on any atom is 0.338 e. The summed E-state index contributed by atoms with van der Waals surface area (Å²) in [6.07, 6.45) is 0.631. The van der Waals surface area contributed by atoms with Gasteiger partial charge in [-0.05, 0) is 41.3 Å². The fourth-order valence-corrected chi connectivity index (χ4v) is 5.37. The third-order valence-electron chi connectivity index (χ3n) is 5.09. The molecule has 0 atom stereocenters. The van der Waals surface area contributed by atoms with Crippen molar-refractivity contribution in [2.24, 2.45) is 0 Å². The first-order chi connectivity index (χ1) is 14.4. The zero-order chi connectivity index (χ0) is 21.1. The third kappa shape index (κ3) is 4.26. The average Bonchev–Trinajstić information content (AvgIpc) is 2.78. The van der Waals surface area contributed by atoms with Gasteiger partial charge in [-0.15, -0.1) is 0 Å². The summed E-state index contributed by atoms with van der Waals surface area (Å²) in [5, 5.41) is 0.0773. The van der Waals surface area contributed by atoms with Crippen LogP contribution in [-0.2, 0) is 34.3 Å². The minimum atomic E-state index is -3.86. The number of carbonyl (C=O) groups is 1. The fraction of sp³-hybridized carbons (Fsp3) is 0.174. The van der Waals surface area contributed by atoms with Crippen LogP contribution in [0.3, 0.4) is 0 Å². The summed E-state index contributed by atoms with van der Waals surface area (Å²) in [6, 6.07) is 21.2. The average molecular weight is 442 g/mol. The number of sulfonamides is 1. The van der Waals surface area contributed by atoms with E-state index in [2.05, 4.69) is 0 Å². The smallest absolute Gasteiger partial charge is 0.338 e. The van der Waals surface area contributed by atoms with Gasteiger partial charge in [0, 0.05) is 13.1 Å². The molecule has 0 radical (unpaired) electrons. The normalized spacial score (nSPS) is 14.2. The van der Waals surface area contributed by atoms with Gasteiger partial charge in [0.05, 0.1) is 10.6 Å². The Morgan fingerprint density at radius 2 is 1.67 bits per heavy atom. The first kappa shape index (κ1) is 20.6. The van der Waals surface area contributed by atoms with Crippen LogP contribution in [-0.4, -0.2) is 25.2 Å². The Kier molecular flexibility index (Phi) is 5.90. The van der Waals surface area contributed by atoms with E-state index in [-0.39, 0.29) is 28.6 Å². The molecule has 0 saturated heterocycles. The van der Waals surface area contributed by atoms with Crippen LogP contribution < -0.4 is 0 Å². The Balaban J connectivity index is 1.56. The number of fused-ring (bicyclic) bond motifs is 1. The second-order valence-electron chi connectivity index (χ2n) is 7.06. The van der Waals surface area contributed by atoms with Gasteiger partial charge in [-0.3, -0.25) is 0 Å². The van der Waals surface area contributed by atoms with Crippen molar-refractivity contribution in [1.82, 2.24) is 4.31 Å². The molecule has 0 spiro atoms. The highest BCUT2D eigenvalue weighted by Crippen LogP contribution is 2.30. The van der Waals surface area contributed by atoms with Gasteiger partial charge in [0.25, 0.3) is 0 Å². The van der Waals surface area contributed by atoms with Crippen molar-refractivity contribution in [2.75, 3.05) is 6.54 Å². The van der Waals surface area contributed by atoms with Gasteiger partial charge in [-0.2, -0.15) is 4.31 Å². The van der Waals surface area contributed by atoms with Gasteiger partial charge < -0.3 is 4.74 Å². The number of nitrogens with zero attached hydrogens (tertiary/aromatic N) is 1. The number of benzene rings is 3. The number of hydrogen-bond donors (Lipinski definition) is 0. The lowest BCUT2D eigenvalue weighted by molar-refractivity contribution is 0.0472. The van der Waals surface area contributed by atoms with E-state index in [4.69, 9.17) is 16.3 Å². The SMILES string of the molecule is O=C(OCc1ccccc1)c1ccc(Cl)c(S(=O)(=O)N2CCc3ccccc3C2)c1. The van der Waals surface area contributed by atoms with E-state index in [1.165, 1.54) is 22.5 Å². The van der Waals surface area contributed by atoms with Gasteiger partial charge in [0.2, 0.25) is 10.0 Å². The molecule has 3 aromatic rings. The molecule has 4 rings (SSSR count). The molecule has 1 aliphatic heterocycles. The minimum Gasteiger partial charge on any atom is -0.457 e. The lowest BCUT2D eigenvalue weighted by Gasteiger charge is -2.28. The molecular weight excluding hydrogens is 422 g/mol. The molecule has 0 amide bonds. The highest BCUT2D eigenvalue weighted by atomic mass is 35.5. The Bertz CT molecular complexity index is 1180. The minimum absolute atomic E-state index is 0.0773. The van der Waals surface area contributed by atoms with E-state index in [1.807, 2.05) is 54.6 Å². The number of halogens is 1. The maximum absolute atomic E-state index is 13.3. The summed E-state index contributed by atoms with van der Waals surface area (Å²) in [4.78, 5) is 12.4. The summed E-state index contributed by atoms with van der Waals surface area (Å²) >= 11 is 6.22. The molecule has 7 heteroatoms. The van der Waals surface area contributed by atoms with Crippen molar-refractivity contribution in [3.63, 3.8) is 0 Å². The van der Waals surface area contributed by atoms with Crippen molar-refractivity contribution in [1.29, 1.82) is 0 Å². The molecule has 1 heterocycles. The summed E-state index contributed by atoms with van der Waals surface area (Å²) in [5.41, 5.74) is 3.11. The van der Waals surface area contributed by atoms with E-state index < -0.39 is 16.0 Å². The van der Waals surface area contributed by atoms with Crippen molar-refractivity contribution in [3.05, 3.63) is 100 Å². The monoisotopic (exact) mass is 441 g/mol. The molecule has 0 aromatic heterocycles. The fourth-order valence-electron chi connectivity index (χ4n) is 3.45. The van der Waals surface area contributed by atoms with Gasteiger partial charge in [0.1, 0.15) is 11.5 Å². The van der Waals surface area contributed by atoms with Crippen molar-refractivity contribution < 1.29 is 17.9 Å². The molecule has 0 unspecified atom stereocenters. The standard InChI is InChI=1S/C23H20ClNO4S/c24-21-11-10-19(23(26)29-16-17-6-2-1-3-7-17)14-22(21)30(27,28)25-13-12-18-8-4-5-9-20(18)15-25/h1-11,14H,12-13,15-16H2. The molecular formula is C23H20ClNO4S. The van der Waals surface area contributed by atoms with Gasteiger partial charge >= 0.3 is 5.97 Å². The Hall–Kier alpha value is -2.67. The predicted octanol–water partition coefficient (Wildman–Crippen LogP) is 4.44. The molecule has 30 heavy (non-hydrogen) atoms. The van der Waals surface area contributed by atoms with Crippen molar-refractivity contribution >= 4 is 27.6 Å². The van der Waals surface area contributed by atoms with E-state index in [9.17, 15) is 13.2 Å². The molecule has 0 aliphatic carbocycles. The maximum atomic E-state index is 13.3. The Morgan fingerprint density at radius 1 is 0.967 bits per heavy atom. The van der Waals surface area contributed by atoms with Crippen molar-refractivity contribution in [3.8, 4) is 0 Å².